The first-order valence-corrected chi connectivity index (χ1v) is 9.43. The van der Waals surface area contributed by atoms with Crippen LogP contribution in [0.25, 0.3) is 0 Å². The van der Waals surface area contributed by atoms with Crippen LogP contribution in [-0.2, 0) is 4.79 Å². The molecule has 5 heteroatoms. The van der Waals surface area contributed by atoms with E-state index in [4.69, 9.17) is 4.74 Å². The normalized spacial score (nSPS) is 9.00. The minimum atomic E-state index is 0.662. The summed E-state index contributed by atoms with van der Waals surface area (Å²) in [6.45, 7) is 5.04. The molecule has 4 nitrogen and oxygen atoms in total. The van der Waals surface area contributed by atoms with Crippen LogP contribution in [0.5, 0.6) is 5.75 Å². The fraction of sp³-hybridized carbons (Fsp3) is 0.174. The van der Waals surface area contributed by atoms with Crippen molar-refractivity contribution in [2.45, 2.75) is 18.7 Å². The molecule has 3 rings (SSSR count). The van der Waals surface area contributed by atoms with Gasteiger partial charge in [0, 0.05) is 17.1 Å². The van der Waals surface area contributed by atoms with E-state index in [1.165, 1.54) is 5.56 Å². The number of benzene rings is 3. The molecule has 0 bridgehead atoms. The van der Waals surface area contributed by atoms with Gasteiger partial charge in [-0.3, -0.25) is 4.79 Å². The Labute approximate surface area is 173 Å². The highest BCUT2D eigenvalue weighted by molar-refractivity contribution is 7.80. The zero-order chi connectivity index (χ0) is 20.6. The first-order chi connectivity index (χ1) is 13.6. The number of aryl methyl sites for hydroxylation is 1. The molecule has 0 heterocycles. The number of rotatable bonds is 5. The van der Waals surface area contributed by atoms with Gasteiger partial charge in [-0.25, -0.2) is 0 Å². The molecule has 0 aromatic heterocycles. The van der Waals surface area contributed by atoms with E-state index in [1.807, 2.05) is 78.9 Å². The molecular formula is C23H28N2O2S. The van der Waals surface area contributed by atoms with Gasteiger partial charge in [0.2, 0.25) is 6.41 Å². The van der Waals surface area contributed by atoms with E-state index in [9.17, 15) is 4.79 Å². The Hall–Kier alpha value is -2.92. The largest absolute Gasteiger partial charge is 0.495 e. The van der Waals surface area contributed by atoms with Crippen molar-refractivity contribution >= 4 is 30.4 Å². The molecule has 3 aromatic rings. The Balaban J connectivity index is 0.000000213. The maximum atomic E-state index is 9.86. The van der Waals surface area contributed by atoms with Crippen LogP contribution in [-0.4, -0.2) is 20.1 Å². The minimum Gasteiger partial charge on any atom is -0.495 e. The molecule has 0 atom stereocenters. The predicted octanol–water partition coefficient (Wildman–Crippen LogP) is 5.67. The Bertz CT molecular complexity index is 772. The standard InChI is InChI=1S/C9H13NO.C7H7NO.C7H8S/c1-3-10-8-6-4-5-7-9(8)11-2;9-6-8-7-4-2-1-3-5-7;1-6-2-4-7(8)5-3-6/h4-7,10H,3H2,1-2H3;1-6H,(H,8,9);2-5,8H,1H3. The predicted molar refractivity (Wildman–Crippen MR) is 122 cm³/mol. The Morgan fingerprint density at radius 3 is 2.07 bits per heavy atom. The number of nitrogens with one attached hydrogen (secondary N) is 2. The van der Waals surface area contributed by atoms with Gasteiger partial charge in [0.05, 0.1) is 12.8 Å². The number of amides is 1. The van der Waals surface area contributed by atoms with E-state index in [1.54, 1.807) is 7.11 Å². The molecule has 148 valence electrons. The number of thiol groups is 1. The average molecular weight is 397 g/mol. The molecule has 28 heavy (non-hydrogen) atoms. The second-order valence-corrected chi connectivity index (χ2v) is 6.21. The molecule has 0 aliphatic rings. The molecule has 0 unspecified atom stereocenters. The lowest BCUT2D eigenvalue weighted by Crippen LogP contribution is -1.98. The van der Waals surface area contributed by atoms with Crippen molar-refractivity contribution in [3.8, 4) is 5.75 Å². The molecule has 0 aliphatic carbocycles. The summed E-state index contributed by atoms with van der Waals surface area (Å²) in [5.41, 5.74) is 3.16. The van der Waals surface area contributed by atoms with Gasteiger partial charge in [-0.15, -0.1) is 12.6 Å². The van der Waals surface area contributed by atoms with Crippen LogP contribution in [0.4, 0.5) is 11.4 Å². The second-order valence-electron chi connectivity index (χ2n) is 5.69. The molecule has 0 spiro atoms. The summed E-state index contributed by atoms with van der Waals surface area (Å²) in [5.74, 6) is 0.898. The average Bonchev–Trinajstić information content (AvgIpc) is 2.73. The van der Waals surface area contributed by atoms with Gasteiger partial charge in [0.25, 0.3) is 0 Å². The van der Waals surface area contributed by atoms with Crippen LogP contribution in [0.1, 0.15) is 12.5 Å². The summed E-state index contributed by atoms with van der Waals surface area (Å²) >= 11 is 4.13. The van der Waals surface area contributed by atoms with Crippen molar-refractivity contribution in [1.82, 2.24) is 0 Å². The highest BCUT2D eigenvalue weighted by Crippen LogP contribution is 2.22. The van der Waals surface area contributed by atoms with Crippen LogP contribution in [0.2, 0.25) is 0 Å². The van der Waals surface area contributed by atoms with Gasteiger partial charge < -0.3 is 15.4 Å². The first-order valence-electron chi connectivity index (χ1n) is 8.98. The lowest BCUT2D eigenvalue weighted by molar-refractivity contribution is -0.105. The van der Waals surface area contributed by atoms with Gasteiger partial charge in [-0.1, -0.05) is 48.0 Å². The Kier molecular flexibility index (Phi) is 11.7. The maximum absolute atomic E-state index is 9.86. The summed E-state index contributed by atoms with van der Waals surface area (Å²) in [5, 5.41) is 5.73. The highest BCUT2D eigenvalue weighted by atomic mass is 32.1. The number of methoxy groups -OCH3 is 1. The van der Waals surface area contributed by atoms with Gasteiger partial charge in [0.1, 0.15) is 5.75 Å². The molecule has 0 aliphatic heterocycles. The number of hydrogen-bond acceptors (Lipinski definition) is 4. The maximum Gasteiger partial charge on any atom is 0.211 e. The molecule has 0 fully saturated rings. The van der Waals surface area contributed by atoms with Crippen molar-refractivity contribution in [2.24, 2.45) is 0 Å². The van der Waals surface area contributed by atoms with Gasteiger partial charge in [-0.2, -0.15) is 0 Å². The van der Waals surface area contributed by atoms with Gasteiger partial charge in [0.15, 0.2) is 0 Å². The van der Waals surface area contributed by atoms with Crippen LogP contribution in [0.15, 0.2) is 83.8 Å². The first kappa shape index (κ1) is 23.1. The third-order valence-corrected chi connectivity index (χ3v) is 3.81. The van der Waals surface area contributed by atoms with Crippen LogP contribution in [0.3, 0.4) is 0 Å². The molecule has 2 N–H and O–H groups in total. The quantitative estimate of drug-likeness (QED) is 0.385. The van der Waals surface area contributed by atoms with E-state index in [0.717, 1.165) is 28.6 Å². The minimum absolute atomic E-state index is 0.662. The number of para-hydroxylation sites is 3. The summed E-state index contributed by atoms with van der Waals surface area (Å²) in [4.78, 5) is 10.9. The molecule has 0 radical (unpaired) electrons. The summed E-state index contributed by atoms with van der Waals surface area (Å²) in [7, 11) is 1.68. The van der Waals surface area contributed by atoms with E-state index in [-0.39, 0.29) is 0 Å². The van der Waals surface area contributed by atoms with E-state index in [0.29, 0.717) is 6.41 Å². The third kappa shape index (κ3) is 9.69. The van der Waals surface area contributed by atoms with E-state index >= 15 is 0 Å². The third-order valence-electron chi connectivity index (χ3n) is 3.51. The lowest BCUT2D eigenvalue weighted by Gasteiger charge is -2.07. The zero-order valence-corrected chi connectivity index (χ0v) is 17.4. The highest BCUT2D eigenvalue weighted by Gasteiger charge is 1.96. The molecule has 0 saturated carbocycles. The second kappa shape index (κ2) is 14.2. The number of carbonyl (C=O) groups is 1. The smallest absolute Gasteiger partial charge is 0.211 e. The molecular weight excluding hydrogens is 368 g/mol. The Morgan fingerprint density at radius 1 is 0.929 bits per heavy atom. The van der Waals surface area contributed by atoms with Crippen LogP contribution in [0, 0.1) is 6.92 Å². The molecule has 0 saturated heterocycles. The van der Waals surface area contributed by atoms with E-state index in [2.05, 4.69) is 37.1 Å². The monoisotopic (exact) mass is 396 g/mol. The number of anilines is 2. The molecule has 3 aromatic carbocycles. The van der Waals surface area contributed by atoms with Crippen molar-refractivity contribution in [3.05, 3.63) is 84.4 Å². The zero-order valence-electron chi connectivity index (χ0n) is 16.6. The number of hydrogen-bond donors (Lipinski definition) is 3. The molecule has 1 amide bonds. The van der Waals surface area contributed by atoms with E-state index < -0.39 is 0 Å². The summed E-state index contributed by atoms with van der Waals surface area (Å²) < 4.78 is 5.14. The SMILES string of the molecule is CCNc1ccccc1OC.Cc1ccc(S)cc1.O=CNc1ccccc1. The lowest BCUT2D eigenvalue weighted by atomic mass is 10.2. The summed E-state index contributed by atoms with van der Waals surface area (Å²) in [6.07, 6.45) is 0.662. The summed E-state index contributed by atoms with van der Waals surface area (Å²) in [6, 6.07) is 25.2. The van der Waals surface area contributed by atoms with Crippen LogP contribution < -0.4 is 15.4 Å². The number of carbonyl (C=O) groups excluding carboxylic acids is 1. The van der Waals surface area contributed by atoms with Crippen LogP contribution >= 0.6 is 12.6 Å². The van der Waals surface area contributed by atoms with Crippen molar-refractivity contribution in [2.75, 3.05) is 24.3 Å². The van der Waals surface area contributed by atoms with Gasteiger partial charge in [-0.05, 0) is 50.2 Å². The topological polar surface area (TPSA) is 50.4 Å². The van der Waals surface area contributed by atoms with Gasteiger partial charge >= 0.3 is 0 Å². The fourth-order valence-corrected chi connectivity index (χ4v) is 2.28. The van der Waals surface area contributed by atoms with Crippen molar-refractivity contribution in [1.29, 1.82) is 0 Å². The van der Waals surface area contributed by atoms with Crippen molar-refractivity contribution in [3.63, 3.8) is 0 Å². The number of ether oxygens (including phenoxy) is 1. The fourth-order valence-electron chi connectivity index (χ4n) is 2.13. The van der Waals surface area contributed by atoms with Crippen molar-refractivity contribution < 1.29 is 9.53 Å². The Morgan fingerprint density at radius 2 is 1.54 bits per heavy atom.